The minimum absolute atomic E-state index is 0.00821. The van der Waals surface area contributed by atoms with E-state index in [1.807, 2.05) is 0 Å². The maximum Gasteiger partial charge on any atom is 0.262 e. The molecule has 1 aromatic heterocycles. The summed E-state index contributed by atoms with van der Waals surface area (Å²) in [6.45, 7) is -0.0653. The lowest BCUT2D eigenvalue weighted by Gasteiger charge is -2.21. The minimum atomic E-state index is -3.64. The number of anilines is 1. The number of nitrogens with zero attached hydrogens (tertiary/aromatic N) is 2. The van der Waals surface area contributed by atoms with Gasteiger partial charge < -0.3 is 10.4 Å². The third-order valence-electron chi connectivity index (χ3n) is 2.87. The number of hydrogen-bond acceptors (Lipinski definition) is 5. The number of aromatic nitrogens is 1. The first-order chi connectivity index (χ1) is 8.61. The standard InChI is InChI=1S/C11H17N3O3S/c1-12-10-3-2-6-13-11(10)18(16,17)14(7-8-15)9-4-5-9/h2-3,6,9,12,15H,4-5,7-8H2,1H3. The fourth-order valence-electron chi connectivity index (χ4n) is 1.86. The normalized spacial score (nSPS) is 15.9. The van der Waals surface area contributed by atoms with Crippen LogP contribution in [0.25, 0.3) is 0 Å². The highest BCUT2D eigenvalue weighted by atomic mass is 32.2. The van der Waals surface area contributed by atoms with Crippen molar-refractivity contribution < 1.29 is 13.5 Å². The van der Waals surface area contributed by atoms with Crippen molar-refractivity contribution in [3.8, 4) is 0 Å². The van der Waals surface area contributed by atoms with Crippen LogP contribution in [-0.2, 0) is 10.0 Å². The minimum Gasteiger partial charge on any atom is -0.395 e. The Labute approximate surface area is 107 Å². The second-order valence-electron chi connectivity index (χ2n) is 4.18. The van der Waals surface area contributed by atoms with Gasteiger partial charge in [-0.1, -0.05) is 0 Å². The molecule has 0 aromatic carbocycles. The molecule has 1 saturated carbocycles. The van der Waals surface area contributed by atoms with Crippen LogP contribution in [0, 0.1) is 0 Å². The van der Waals surface area contributed by atoms with Gasteiger partial charge >= 0.3 is 0 Å². The molecule has 0 unspecified atom stereocenters. The van der Waals surface area contributed by atoms with E-state index in [1.165, 1.54) is 10.5 Å². The number of aliphatic hydroxyl groups is 1. The predicted molar refractivity (Wildman–Crippen MR) is 67.8 cm³/mol. The van der Waals surface area contributed by atoms with Gasteiger partial charge in [0, 0.05) is 25.8 Å². The van der Waals surface area contributed by atoms with Crippen LogP contribution in [0.1, 0.15) is 12.8 Å². The van der Waals surface area contributed by atoms with Gasteiger partial charge in [-0.15, -0.1) is 0 Å². The Hall–Kier alpha value is -1.18. The Morgan fingerprint density at radius 3 is 2.83 bits per heavy atom. The monoisotopic (exact) mass is 271 g/mol. The van der Waals surface area contributed by atoms with Crippen molar-refractivity contribution in [1.82, 2.24) is 9.29 Å². The summed E-state index contributed by atoms with van der Waals surface area (Å²) in [5.41, 5.74) is 0.473. The number of aliphatic hydroxyl groups excluding tert-OH is 1. The third kappa shape index (κ3) is 2.47. The smallest absolute Gasteiger partial charge is 0.262 e. The van der Waals surface area contributed by atoms with Gasteiger partial charge in [0.15, 0.2) is 5.03 Å². The Morgan fingerprint density at radius 2 is 2.28 bits per heavy atom. The highest BCUT2D eigenvalue weighted by Crippen LogP contribution is 2.32. The SMILES string of the molecule is CNc1cccnc1S(=O)(=O)N(CCO)C1CC1. The molecule has 7 heteroatoms. The molecule has 0 spiro atoms. The molecular formula is C11H17N3O3S. The van der Waals surface area contributed by atoms with Gasteiger partial charge in [-0.05, 0) is 25.0 Å². The van der Waals surface area contributed by atoms with Crippen LogP contribution < -0.4 is 5.32 Å². The van der Waals surface area contributed by atoms with Gasteiger partial charge in [-0.25, -0.2) is 13.4 Å². The molecule has 0 aliphatic heterocycles. The van der Waals surface area contributed by atoms with E-state index in [-0.39, 0.29) is 24.2 Å². The zero-order chi connectivity index (χ0) is 13.2. The van der Waals surface area contributed by atoms with E-state index in [9.17, 15) is 8.42 Å². The summed E-state index contributed by atoms with van der Waals surface area (Å²) in [4.78, 5) is 3.96. The molecule has 0 amide bonds. The lowest BCUT2D eigenvalue weighted by Crippen LogP contribution is -2.36. The van der Waals surface area contributed by atoms with Crippen molar-refractivity contribution in [2.45, 2.75) is 23.9 Å². The van der Waals surface area contributed by atoms with Crippen LogP contribution in [-0.4, -0.2) is 49.1 Å². The summed E-state index contributed by atoms with van der Waals surface area (Å²) in [6, 6.07) is 3.36. The van der Waals surface area contributed by atoms with Crippen molar-refractivity contribution >= 4 is 15.7 Å². The molecular weight excluding hydrogens is 254 g/mol. The highest BCUT2D eigenvalue weighted by molar-refractivity contribution is 7.89. The number of rotatable bonds is 6. The van der Waals surface area contributed by atoms with Gasteiger partial charge in [0.2, 0.25) is 0 Å². The molecule has 0 saturated heterocycles. The zero-order valence-electron chi connectivity index (χ0n) is 10.2. The molecule has 0 bridgehead atoms. The zero-order valence-corrected chi connectivity index (χ0v) is 11.0. The maximum atomic E-state index is 12.5. The van der Waals surface area contributed by atoms with E-state index in [4.69, 9.17) is 5.11 Å². The molecule has 1 aliphatic rings. The quantitative estimate of drug-likeness (QED) is 0.776. The van der Waals surface area contributed by atoms with Crippen LogP contribution >= 0.6 is 0 Å². The van der Waals surface area contributed by atoms with E-state index in [1.54, 1.807) is 19.2 Å². The van der Waals surface area contributed by atoms with E-state index in [0.29, 0.717) is 5.69 Å². The van der Waals surface area contributed by atoms with Gasteiger partial charge in [0.05, 0.1) is 12.3 Å². The summed E-state index contributed by atoms with van der Waals surface area (Å²) >= 11 is 0. The second kappa shape index (κ2) is 5.21. The fourth-order valence-corrected chi connectivity index (χ4v) is 3.65. The van der Waals surface area contributed by atoms with Crippen molar-refractivity contribution in [2.24, 2.45) is 0 Å². The number of sulfonamides is 1. The van der Waals surface area contributed by atoms with Gasteiger partial charge in [-0.3, -0.25) is 0 Å². The molecule has 1 fully saturated rings. The van der Waals surface area contributed by atoms with Gasteiger partial charge in [0.1, 0.15) is 0 Å². The van der Waals surface area contributed by atoms with Crippen LogP contribution in [0.3, 0.4) is 0 Å². The van der Waals surface area contributed by atoms with Crippen LogP contribution in [0.5, 0.6) is 0 Å². The highest BCUT2D eigenvalue weighted by Gasteiger charge is 2.39. The van der Waals surface area contributed by atoms with Crippen molar-refractivity contribution in [2.75, 3.05) is 25.5 Å². The Balaban J connectivity index is 2.39. The molecule has 18 heavy (non-hydrogen) atoms. The topological polar surface area (TPSA) is 82.5 Å². The second-order valence-corrected chi connectivity index (χ2v) is 5.98. The van der Waals surface area contributed by atoms with E-state index < -0.39 is 10.0 Å². The number of pyridine rings is 1. The van der Waals surface area contributed by atoms with Crippen LogP contribution in [0.15, 0.2) is 23.4 Å². The Bertz CT molecular complexity index is 514. The molecule has 1 heterocycles. The molecule has 2 rings (SSSR count). The summed E-state index contributed by atoms with van der Waals surface area (Å²) in [7, 11) is -1.99. The number of nitrogens with one attached hydrogen (secondary N) is 1. The summed E-state index contributed by atoms with van der Waals surface area (Å²) in [5.74, 6) is 0. The first-order valence-electron chi connectivity index (χ1n) is 5.86. The Kier molecular flexibility index (Phi) is 3.84. The molecule has 6 nitrogen and oxygen atoms in total. The first kappa shape index (κ1) is 13.3. The van der Waals surface area contributed by atoms with Crippen LogP contribution in [0.2, 0.25) is 0 Å². The van der Waals surface area contributed by atoms with Gasteiger partial charge in [-0.2, -0.15) is 4.31 Å². The van der Waals surface area contributed by atoms with E-state index in [0.717, 1.165) is 12.8 Å². The maximum absolute atomic E-state index is 12.5. The molecule has 0 atom stereocenters. The lowest BCUT2D eigenvalue weighted by molar-refractivity contribution is 0.250. The van der Waals surface area contributed by atoms with E-state index >= 15 is 0 Å². The molecule has 2 N–H and O–H groups in total. The third-order valence-corrected chi connectivity index (χ3v) is 4.78. The van der Waals surface area contributed by atoms with E-state index in [2.05, 4.69) is 10.3 Å². The predicted octanol–water partition coefficient (Wildman–Crippen LogP) is 0.269. The largest absolute Gasteiger partial charge is 0.395 e. The Morgan fingerprint density at radius 1 is 1.56 bits per heavy atom. The van der Waals surface area contributed by atoms with Gasteiger partial charge in [0.25, 0.3) is 10.0 Å². The lowest BCUT2D eigenvalue weighted by atomic mass is 10.4. The molecule has 1 aromatic rings. The molecule has 0 radical (unpaired) electrons. The molecule has 1 aliphatic carbocycles. The van der Waals surface area contributed by atoms with Crippen LogP contribution in [0.4, 0.5) is 5.69 Å². The fraction of sp³-hybridized carbons (Fsp3) is 0.545. The average Bonchev–Trinajstić information content (AvgIpc) is 3.19. The van der Waals surface area contributed by atoms with Crippen molar-refractivity contribution in [3.05, 3.63) is 18.3 Å². The summed E-state index contributed by atoms with van der Waals surface area (Å²) in [5, 5.41) is 11.9. The van der Waals surface area contributed by atoms with Crippen molar-refractivity contribution in [1.29, 1.82) is 0 Å². The molecule has 100 valence electrons. The van der Waals surface area contributed by atoms with Crippen molar-refractivity contribution in [3.63, 3.8) is 0 Å². The first-order valence-corrected chi connectivity index (χ1v) is 7.30. The summed E-state index contributed by atoms with van der Waals surface area (Å²) < 4.78 is 26.3. The average molecular weight is 271 g/mol. The summed E-state index contributed by atoms with van der Waals surface area (Å²) in [6.07, 6.45) is 3.15. The number of hydrogen-bond donors (Lipinski definition) is 2.